The summed E-state index contributed by atoms with van der Waals surface area (Å²) in [6.07, 6.45) is 8.52. The topological polar surface area (TPSA) is 3.24 Å². The molecular formula is C18H27N. The van der Waals surface area contributed by atoms with E-state index in [0.29, 0.717) is 5.41 Å². The molecule has 0 unspecified atom stereocenters. The van der Waals surface area contributed by atoms with E-state index in [2.05, 4.69) is 42.2 Å². The molecule has 0 amide bonds. The van der Waals surface area contributed by atoms with Crippen LogP contribution in [-0.4, -0.2) is 24.5 Å². The van der Waals surface area contributed by atoms with Gasteiger partial charge in [-0.25, -0.2) is 0 Å². The van der Waals surface area contributed by atoms with E-state index < -0.39 is 0 Å². The molecule has 0 aromatic heterocycles. The van der Waals surface area contributed by atoms with Crippen molar-refractivity contribution in [3.05, 3.63) is 35.9 Å². The maximum absolute atomic E-state index is 2.66. The van der Waals surface area contributed by atoms with Crippen molar-refractivity contribution in [3.8, 4) is 0 Å². The molecule has 1 aliphatic heterocycles. The highest BCUT2D eigenvalue weighted by Crippen LogP contribution is 2.49. The minimum atomic E-state index is 0.490. The smallest absolute Gasteiger partial charge is 0.000614 e. The van der Waals surface area contributed by atoms with Gasteiger partial charge in [-0.05, 0) is 62.2 Å². The van der Waals surface area contributed by atoms with Gasteiger partial charge < -0.3 is 4.90 Å². The Morgan fingerprint density at radius 2 is 1.89 bits per heavy atom. The van der Waals surface area contributed by atoms with Crippen LogP contribution in [0.4, 0.5) is 0 Å². The molecule has 2 aliphatic rings. The van der Waals surface area contributed by atoms with E-state index in [1.807, 2.05) is 0 Å². The predicted octanol–water partition coefficient (Wildman–Crippen LogP) is 4.23. The molecular weight excluding hydrogens is 230 g/mol. The van der Waals surface area contributed by atoms with Crippen molar-refractivity contribution in [2.75, 3.05) is 19.6 Å². The van der Waals surface area contributed by atoms with E-state index in [1.165, 1.54) is 58.2 Å². The first kappa shape index (κ1) is 13.2. The van der Waals surface area contributed by atoms with Gasteiger partial charge in [-0.2, -0.15) is 0 Å². The van der Waals surface area contributed by atoms with Gasteiger partial charge in [0.1, 0.15) is 0 Å². The van der Waals surface area contributed by atoms with E-state index in [0.717, 1.165) is 5.92 Å². The number of likely N-dealkylation sites (tertiary alicyclic amines) is 1. The van der Waals surface area contributed by atoms with Crippen LogP contribution >= 0.6 is 0 Å². The van der Waals surface area contributed by atoms with E-state index in [1.54, 1.807) is 5.56 Å². The Labute approximate surface area is 118 Å². The van der Waals surface area contributed by atoms with Crippen LogP contribution in [0.15, 0.2) is 30.3 Å². The Bertz CT molecular complexity index is 399. The van der Waals surface area contributed by atoms with Crippen molar-refractivity contribution in [1.29, 1.82) is 0 Å². The Morgan fingerprint density at radius 1 is 1.05 bits per heavy atom. The summed E-state index contributed by atoms with van der Waals surface area (Å²) in [4.78, 5) is 2.66. The first-order chi connectivity index (χ1) is 9.35. The molecule has 3 rings (SSSR count). The number of hydrogen-bond acceptors (Lipinski definition) is 1. The van der Waals surface area contributed by atoms with Crippen molar-refractivity contribution < 1.29 is 0 Å². The van der Waals surface area contributed by atoms with Gasteiger partial charge in [-0.1, -0.05) is 50.1 Å². The van der Waals surface area contributed by atoms with Crippen LogP contribution in [0.1, 0.15) is 51.0 Å². The Kier molecular flexibility index (Phi) is 3.93. The van der Waals surface area contributed by atoms with Gasteiger partial charge in [0, 0.05) is 0 Å². The number of hydrogen-bond donors (Lipinski definition) is 0. The lowest BCUT2D eigenvalue weighted by atomic mass is 9.60. The van der Waals surface area contributed by atoms with Crippen LogP contribution in [0.3, 0.4) is 0 Å². The first-order valence-electron chi connectivity index (χ1n) is 8.13. The molecule has 1 heteroatoms. The Balaban J connectivity index is 1.93. The van der Waals surface area contributed by atoms with Crippen molar-refractivity contribution in [1.82, 2.24) is 4.90 Å². The van der Waals surface area contributed by atoms with Gasteiger partial charge in [0.15, 0.2) is 0 Å². The second-order valence-electron chi connectivity index (χ2n) is 6.44. The highest BCUT2D eigenvalue weighted by atomic mass is 15.1. The van der Waals surface area contributed by atoms with Gasteiger partial charge >= 0.3 is 0 Å². The molecule has 104 valence electrons. The summed E-state index contributed by atoms with van der Waals surface area (Å²) in [5, 5.41) is 0. The van der Waals surface area contributed by atoms with Crippen LogP contribution in [0, 0.1) is 5.92 Å². The molecule has 0 bridgehead atoms. The monoisotopic (exact) mass is 257 g/mol. The summed E-state index contributed by atoms with van der Waals surface area (Å²) in [6, 6.07) is 11.4. The summed E-state index contributed by atoms with van der Waals surface area (Å²) in [6.45, 7) is 6.14. The molecule has 2 fully saturated rings. The summed E-state index contributed by atoms with van der Waals surface area (Å²) in [7, 11) is 0. The summed E-state index contributed by atoms with van der Waals surface area (Å²) >= 11 is 0. The Morgan fingerprint density at radius 3 is 2.68 bits per heavy atom. The largest absolute Gasteiger partial charge is 0.304 e. The fourth-order valence-electron chi connectivity index (χ4n) is 4.48. The molecule has 1 saturated heterocycles. The first-order valence-corrected chi connectivity index (χ1v) is 8.13. The standard InChI is InChI=1S/C18H27N/c1-2-19-14-11-17-10-6-7-12-18(17,13-15-19)16-8-4-3-5-9-16/h3-5,8-9,17H,2,6-7,10-15H2,1H3/t17-,18-/m0/s1. The molecule has 19 heavy (non-hydrogen) atoms. The van der Waals surface area contributed by atoms with E-state index in [-0.39, 0.29) is 0 Å². The zero-order valence-electron chi connectivity index (χ0n) is 12.3. The van der Waals surface area contributed by atoms with Gasteiger partial charge in [0.05, 0.1) is 0 Å². The van der Waals surface area contributed by atoms with Gasteiger partial charge in [-0.15, -0.1) is 0 Å². The third-order valence-electron chi connectivity index (χ3n) is 5.67. The lowest BCUT2D eigenvalue weighted by molar-refractivity contribution is 0.176. The van der Waals surface area contributed by atoms with E-state index in [4.69, 9.17) is 0 Å². The summed E-state index contributed by atoms with van der Waals surface area (Å²) in [5.74, 6) is 0.917. The zero-order chi connectivity index (χ0) is 13.1. The Hall–Kier alpha value is -0.820. The zero-order valence-corrected chi connectivity index (χ0v) is 12.3. The molecule has 1 aromatic rings. The SMILES string of the molecule is CCN1CC[C@@H]2CCCC[C@@]2(c2ccccc2)CC1. The fraction of sp³-hybridized carbons (Fsp3) is 0.667. The van der Waals surface area contributed by atoms with E-state index in [9.17, 15) is 0 Å². The van der Waals surface area contributed by atoms with Crippen LogP contribution < -0.4 is 0 Å². The molecule has 1 aromatic carbocycles. The quantitative estimate of drug-likeness (QED) is 0.766. The molecule has 0 spiro atoms. The number of rotatable bonds is 2. The predicted molar refractivity (Wildman–Crippen MR) is 81.4 cm³/mol. The lowest BCUT2D eigenvalue weighted by Crippen LogP contribution is -2.38. The average Bonchev–Trinajstić information content (AvgIpc) is 2.68. The molecule has 1 aliphatic carbocycles. The van der Waals surface area contributed by atoms with Gasteiger partial charge in [0.25, 0.3) is 0 Å². The van der Waals surface area contributed by atoms with E-state index >= 15 is 0 Å². The number of benzene rings is 1. The van der Waals surface area contributed by atoms with Crippen LogP contribution in [0.25, 0.3) is 0 Å². The van der Waals surface area contributed by atoms with Crippen molar-refractivity contribution in [2.45, 2.75) is 50.9 Å². The highest BCUT2D eigenvalue weighted by molar-refractivity contribution is 5.28. The molecule has 1 nitrogen and oxygen atoms in total. The molecule has 1 heterocycles. The van der Waals surface area contributed by atoms with Crippen LogP contribution in [0.5, 0.6) is 0 Å². The maximum atomic E-state index is 2.66. The lowest BCUT2D eigenvalue weighted by Gasteiger charge is -2.44. The normalized spacial score (nSPS) is 32.6. The molecule has 0 N–H and O–H groups in total. The maximum Gasteiger partial charge on any atom is -0.000614 e. The van der Waals surface area contributed by atoms with Crippen LogP contribution in [0.2, 0.25) is 0 Å². The van der Waals surface area contributed by atoms with Gasteiger partial charge in [-0.3, -0.25) is 0 Å². The summed E-state index contributed by atoms with van der Waals surface area (Å²) in [5.41, 5.74) is 2.11. The number of fused-ring (bicyclic) bond motifs is 1. The third kappa shape index (κ3) is 2.45. The highest BCUT2D eigenvalue weighted by Gasteiger charge is 2.43. The fourth-order valence-corrected chi connectivity index (χ4v) is 4.48. The molecule has 1 saturated carbocycles. The minimum absolute atomic E-state index is 0.490. The third-order valence-corrected chi connectivity index (χ3v) is 5.67. The second-order valence-corrected chi connectivity index (χ2v) is 6.44. The molecule has 0 radical (unpaired) electrons. The molecule has 2 atom stereocenters. The average molecular weight is 257 g/mol. The minimum Gasteiger partial charge on any atom is -0.304 e. The van der Waals surface area contributed by atoms with Crippen molar-refractivity contribution in [2.24, 2.45) is 5.92 Å². The second kappa shape index (κ2) is 5.66. The van der Waals surface area contributed by atoms with Crippen molar-refractivity contribution >= 4 is 0 Å². The van der Waals surface area contributed by atoms with Crippen LogP contribution in [-0.2, 0) is 5.41 Å². The summed E-state index contributed by atoms with van der Waals surface area (Å²) < 4.78 is 0. The number of nitrogens with zero attached hydrogens (tertiary/aromatic N) is 1. The van der Waals surface area contributed by atoms with Gasteiger partial charge in [0.2, 0.25) is 0 Å². The van der Waals surface area contributed by atoms with Crippen molar-refractivity contribution in [3.63, 3.8) is 0 Å².